The number of anilines is 3. The van der Waals surface area contributed by atoms with Gasteiger partial charge in [-0.3, -0.25) is 10.2 Å². The fourth-order valence-corrected chi connectivity index (χ4v) is 3.51. The number of nitrogens with one attached hydrogen (secondary N) is 2. The zero-order valence-electron chi connectivity index (χ0n) is 18.9. The van der Waals surface area contributed by atoms with E-state index in [0.717, 1.165) is 40.9 Å². The van der Waals surface area contributed by atoms with E-state index in [-0.39, 0.29) is 12.5 Å². The Morgan fingerprint density at radius 3 is 2.76 bits per heavy atom. The number of nitrogens with two attached hydrogens (primary N) is 2. The zero-order chi connectivity index (χ0) is 23.4. The molecule has 3 aromatic rings. The molecular weight excluding hydrogens is 416 g/mol. The molecule has 1 aliphatic carbocycles. The van der Waals surface area contributed by atoms with Crippen LogP contribution in [-0.4, -0.2) is 34.7 Å². The van der Waals surface area contributed by atoms with Gasteiger partial charge in [-0.25, -0.2) is 9.97 Å². The molecule has 1 amide bonds. The maximum atomic E-state index is 12.1. The van der Waals surface area contributed by atoms with Gasteiger partial charge in [0, 0.05) is 34.2 Å². The Kier molecular flexibility index (Phi) is 6.53. The van der Waals surface area contributed by atoms with Gasteiger partial charge in [-0.15, -0.1) is 0 Å². The Labute approximate surface area is 193 Å². The quantitative estimate of drug-likeness (QED) is 0.311. The highest BCUT2D eigenvalue weighted by Crippen LogP contribution is 2.27. The molecule has 8 nitrogen and oxygen atoms in total. The number of amides is 1. The summed E-state index contributed by atoms with van der Waals surface area (Å²) in [4.78, 5) is 21.5. The van der Waals surface area contributed by atoms with E-state index >= 15 is 0 Å². The van der Waals surface area contributed by atoms with Gasteiger partial charge in [0.15, 0.2) is 18.6 Å². The van der Waals surface area contributed by atoms with E-state index in [1.807, 2.05) is 50.2 Å². The van der Waals surface area contributed by atoms with E-state index in [2.05, 4.69) is 15.6 Å². The van der Waals surface area contributed by atoms with Crippen LogP contribution in [0.3, 0.4) is 0 Å². The number of benzene rings is 2. The van der Waals surface area contributed by atoms with Crippen molar-refractivity contribution in [2.24, 2.45) is 0 Å². The molecule has 1 saturated carbocycles. The Hall–Kier alpha value is -3.94. The second kappa shape index (κ2) is 9.68. The van der Waals surface area contributed by atoms with Crippen molar-refractivity contribution >= 4 is 29.3 Å². The lowest BCUT2D eigenvalue weighted by Crippen LogP contribution is -2.41. The smallest absolute Gasteiger partial charge is 0.258 e. The van der Waals surface area contributed by atoms with Crippen LogP contribution >= 0.6 is 0 Å². The van der Waals surface area contributed by atoms with Crippen molar-refractivity contribution in [1.82, 2.24) is 15.3 Å². The minimum atomic E-state index is -0.100. The van der Waals surface area contributed by atoms with E-state index < -0.39 is 0 Å². The average molecular weight is 446 g/mol. The number of aromatic nitrogens is 2. The normalized spacial score (nSPS) is 13.2. The molecule has 0 unspecified atom stereocenters. The first kappa shape index (κ1) is 22.3. The van der Waals surface area contributed by atoms with Gasteiger partial charge < -0.3 is 21.1 Å². The Bertz CT molecular complexity index is 1190. The highest BCUT2D eigenvalue weighted by molar-refractivity contribution is 5.85. The molecule has 8 heteroatoms. The van der Waals surface area contributed by atoms with Crippen LogP contribution in [0.5, 0.6) is 5.75 Å². The molecule has 4 rings (SSSR count). The minimum absolute atomic E-state index is 0.0157. The van der Waals surface area contributed by atoms with Crippen LogP contribution in [-0.2, 0) is 4.79 Å². The summed E-state index contributed by atoms with van der Waals surface area (Å²) in [6.45, 7) is 3.89. The number of rotatable bonds is 8. The van der Waals surface area contributed by atoms with E-state index in [4.69, 9.17) is 20.9 Å². The predicted molar refractivity (Wildman–Crippen MR) is 129 cm³/mol. The first-order valence-electron chi connectivity index (χ1n) is 11.0. The fraction of sp³-hybridized carbons (Fsp3) is 0.280. The molecule has 0 saturated heterocycles. The van der Waals surface area contributed by atoms with Crippen LogP contribution in [0.15, 0.2) is 42.5 Å². The van der Waals surface area contributed by atoms with Crippen molar-refractivity contribution < 1.29 is 14.9 Å². The number of ether oxygens (including phenoxy) is 1. The molecule has 0 radical (unpaired) electrons. The molecule has 33 heavy (non-hydrogen) atoms. The van der Waals surface area contributed by atoms with Gasteiger partial charge in [-0.05, 0) is 63.4 Å². The van der Waals surface area contributed by atoms with Crippen molar-refractivity contribution in [2.75, 3.05) is 17.7 Å². The second-order valence-corrected chi connectivity index (χ2v) is 8.25. The van der Waals surface area contributed by atoms with Crippen molar-refractivity contribution in [3.05, 3.63) is 59.3 Å². The van der Waals surface area contributed by atoms with E-state index in [1.54, 1.807) is 6.07 Å². The number of carbonyl (C=O) groups excluding carboxylic acids is 1. The van der Waals surface area contributed by atoms with Crippen LogP contribution in [0, 0.1) is 13.8 Å². The standard InChI is InChI=1S/C25H28N6O2/c1-15-16(2)28-25(31-24(15)30-20-9-10-22(27)18(11-20)13-26)17-5-3-8-21(12-17)33-14-23(32)29-19-6-4-7-19/h3,5,8-13,19,26H,4,6-7,14,27H2,1-2H3,(H,29,32)(H,28,30,31)/p+1. The van der Waals surface area contributed by atoms with E-state index in [1.165, 1.54) is 12.6 Å². The first-order valence-corrected chi connectivity index (χ1v) is 11.0. The summed E-state index contributed by atoms with van der Waals surface area (Å²) in [7, 11) is 0. The highest BCUT2D eigenvalue weighted by Gasteiger charge is 2.19. The van der Waals surface area contributed by atoms with E-state index in [0.29, 0.717) is 29.1 Å². The third-order valence-electron chi connectivity index (χ3n) is 5.85. The van der Waals surface area contributed by atoms with Crippen molar-refractivity contribution in [1.29, 1.82) is 0 Å². The Balaban J connectivity index is 1.53. The summed E-state index contributed by atoms with van der Waals surface area (Å²) in [6, 6.07) is 13.3. The zero-order valence-corrected chi connectivity index (χ0v) is 18.9. The molecule has 0 bridgehead atoms. The molecule has 0 spiro atoms. The second-order valence-electron chi connectivity index (χ2n) is 8.25. The lowest BCUT2D eigenvalue weighted by molar-refractivity contribution is -0.124. The lowest BCUT2D eigenvalue weighted by Gasteiger charge is -2.26. The van der Waals surface area contributed by atoms with Crippen molar-refractivity contribution in [3.8, 4) is 17.1 Å². The van der Waals surface area contributed by atoms with Crippen molar-refractivity contribution in [3.63, 3.8) is 0 Å². The van der Waals surface area contributed by atoms with Crippen molar-refractivity contribution in [2.45, 2.75) is 39.2 Å². The lowest BCUT2D eigenvalue weighted by atomic mass is 9.93. The summed E-state index contributed by atoms with van der Waals surface area (Å²) in [6.07, 6.45) is 4.74. The SMILES string of the molecule is Cc1nc(-c2cccc(OCC(=O)NC3CCC3)c2)nc(Nc2ccc(N)c(C=[NH2+])c2)c1C. The average Bonchev–Trinajstić information content (AvgIpc) is 2.79. The maximum absolute atomic E-state index is 12.1. The molecule has 1 fully saturated rings. The van der Waals surface area contributed by atoms with Crippen LogP contribution < -0.4 is 26.5 Å². The Morgan fingerprint density at radius 2 is 2.03 bits per heavy atom. The topological polar surface area (TPSA) is 128 Å². The predicted octanol–water partition coefficient (Wildman–Crippen LogP) is 2.31. The van der Waals surface area contributed by atoms with E-state index in [9.17, 15) is 4.79 Å². The molecule has 1 aliphatic rings. The Morgan fingerprint density at radius 1 is 1.21 bits per heavy atom. The molecular formula is C25H29N6O2+. The number of nitrogen functional groups attached to an aromatic ring is 1. The summed E-state index contributed by atoms with van der Waals surface area (Å²) < 4.78 is 5.71. The summed E-state index contributed by atoms with van der Waals surface area (Å²) in [5.41, 5.74) is 10.7. The van der Waals surface area contributed by atoms with Gasteiger partial charge in [0.2, 0.25) is 0 Å². The monoisotopic (exact) mass is 445 g/mol. The first-order chi connectivity index (χ1) is 15.9. The number of hydrogen-bond donors (Lipinski definition) is 4. The van der Waals surface area contributed by atoms with Gasteiger partial charge in [0.1, 0.15) is 11.6 Å². The molecule has 1 heterocycles. The van der Waals surface area contributed by atoms with Crippen LogP contribution in [0.4, 0.5) is 17.2 Å². The summed E-state index contributed by atoms with van der Waals surface area (Å²) >= 11 is 0. The van der Waals surface area contributed by atoms with Gasteiger partial charge >= 0.3 is 0 Å². The molecule has 1 aromatic heterocycles. The number of carbonyl (C=O) groups is 1. The minimum Gasteiger partial charge on any atom is -0.484 e. The highest BCUT2D eigenvalue weighted by atomic mass is 16.5. The molecule has 2 aromatic carbocycles. The number of aryl methyl sites for hydroxylation is 1. The summed E-state index contributed by atoms with van der Waals surface area (Å²) in [5, 5.41) is 12.0. The summed E-state index contributed by atoms with van der Waals surface area (Å²) in [5.74, 6) is 1.74. The van der Waals surface area contributed by atoms with Crippen LogP contribution in [0.2, 0.25) is 0 Å². The number of hydrogen-bond acceptors (Lipinski definition) is 6. The molecule has 0 atom stereocenters. The van der Waals surface area contributed by atoms with Crippen LogP contribution in [0.25, 0.3) is 11.4 Å². The molecule has 6 N–H and O–H groups in total. The third kappa shape index (κ3) is 5.28. The van der Waals surface area contributed by atoms with Gasteiger partial charge in [0.25, 0.3) is 5.91 Å². The molecule has 0 aliphatic heterocycles. The molecule has 170 valence electrons. The van der Waals surface area contributed by atoms with Gasteiger partial charge in [-0.1, -0.05) is 12.1 Å². The number of nitrogens with zero attached hydrogens (tertiary/aromatic N) is 2. The van der Waals surface area contributed by atoms with Crippen LogP contribution in [0.1, 0.15) is 36.1 Å². The van der Waals surface area contributed by atoms with Gasteiger partial charge in [-0.2, -0.15) is 0 Å². The maximum Gasteiger partial charge on any atom is 0.258 e. The van der Waals surface area contributed by atoms with Gasteiger partial charge in [0.05, 0.1) is 5.56 Å². The largest absolute Gasteiger partial charge is 0.484 e. The fourth-order valence-electron chi connectivity index (χ4n) is 3.51. The third-order valence-corrected chi connectivity index (χ3v) is 5.85.